The molecular formula is C45H29N5. The minimum absolute atomic E-state index is 0.880. The smallest absolute Gasteiger partial charge is 0.140 e. The molecule has 0 unspecified atom stereocenters. The van der Waals surface area contributed by atoms with Crippen LogP contribution < -0.4 is 0 Å². The van der Waals surface area contributed by atoms with Crippen molar-refractivity contribution in [2.75, 3.05) is 0 Å². The number of aromatic nitrogens is 5. The van der Waals surface area contributed by atoms with Gasteiger partial charge in [-0.05, 0) is 72.8 Å². The number of hydrogen-bond acceptors (Lipinski definition) is 1. The van der Waals surface area contributed by atoms with Crippen molar-refractivity contribution in [3.05, 3.63) is 176 Å². The first-order valence-electron chi connectivity index (χ1n) is 17.0. The van der Waals surface area contributed by atoms with Crippen LogP contribution in [0.2, 0.25) is 0 Å². The van der Waals surface area contributed by atoms with Gasteiger partial charge in [-0.25, -0.2) is 4.98 Å². The SMILES string of the molecule is c1ccc(-n2ccc3ccc4c(c5ccccc5n4-c4cccc(-n5c6ccccc6c6c7c(ccc65)ccn7-c5ccccc5)n4)c32)cc1. The van der Waals surface area contributed by atoms with E-state index in [1.54, 1.807) is 0 Å². The quantitative estimate of drug-likeness (QED) is 0.189. The van der Waals surface area contributed by atoms with Crippen LogP contribution in [0.25, 0.3) is 88.4 Å². The number of fused-ring (bicyclic) bond motifs is 10. The van der Waals surface area contributed by atoms with Crippen LogP contribution in [-0.2, 0) is 0 Å². The fourth-order valence-corrected chi connectivity index (χ4v) is 8.13. The first kappa shape index (κ1) is 27.1. The molecule has 5 heterocycles. The van der Waals surface area contributed by atoms with Crippen molar-refractivity contribution in [3.63, 3.8) is 0 Å². The first-order chi connectivity index (χ1) is 24.8. The van der Waals surface area contributed by atoms with Gasteiger partial charge in [0.2, 0.25) is 0 Å². The molecule has 0 spiro atoms. The van der Waals surface area contributed by atoms with Crippen LogP contribution in [0.15, 0.2) is 176 Å². The summed E-state index contributed by atoms with van der Waals surface area (Å²) in [5, 5.41) is 7.28. The Morgan fingerprint density at radius 2 is 0.780 bits per heavy atom. The van der Waals surface area contributed by atoms with Crippen LogP contribution in [0.4, 0.5) is 0 Å². The Balaban J connectivity index is 1.19. The first-order valence-corrected chi connectivity index (χ1v) is 17.0. The molecular weight excluding hydrogens is 611 g/mol. The number of nitrogens with zero attached hydrogens (tertiary/aromatic N) is 5. The largest absolute Gasteiger partial charge is 0.316 e. The fraction of sp³-hybridized carbons (Fsp3) is 0. The topological polar surface area (TPSA) is 32.6 Å². The third-order valence-electron chi connectivity index (χ3n) is 10.2. The molecule has 0 bridgehead atoms. The fourth-order valence-electron chi connectivity index (χ4n) is 8.13. The van der Waals surface area contributed by atoms with Crippen molar-refractivity contribution in [3.8, 4) is 23.0 Å². The standard InChI is InChI=1S/C45H29N5/c1-3-12-32(13-4-1)47-28-26-30-22-24-38-42(44(30)47)34-16-7-9-18-36(34)49(38)40-20-11-21-41(46-40)50-37-19-10-8-17-35(37)43-39(50)25-23-31-27-29-48(45(31)43)33-14-5-2-6-15-33/h1-29H. The van der Waals surface area contributed by atoms with Crippen LogP contribution in [0.5, 0.6) is 0 Å². The average molecular weight is 640 g/mol. The third kappa shape index (κ3) is 3.74. The summed E-state index contributed by atoms with van der Waals surface area (Å²) in [5.74, 6) is 1.76. The zero-order valence-electron chi connectivity index (χ0n) is 27.0. The van der Waals surface area contributed by atoms with Crippen LogP contribution in [0.3, 0.4) is 0 Å². The van der Waals surface area contributed by atoms with Crippen molar-refractivity contribution in [1.82, 2.24) is 23.3 Å². The van der Waals surface area contributed by atoms with Crippen LogP contribution >= 0.6 is 0 Å². The maximum absolute atomic E-state index is 5.47. The minimum Gasteiger partial charge on any atom is -0.316 e. The molecule has 11 aromatic rings. The monoisotopic (exact) mass is 639 g/mol. The van der Waals surface area contributed by atoms with Gasteiger partial charge in [-0.1, -0.05) is 91.0 Å². The van der Waals surface area contributed by atoms with Gasteiger partial charge in [0.05, 0.1) is 33.1 Å². The van der Waals surface area contributed by atoms with Crippen molar-refractivity contribution in [2.24, 2.45) is 0 Å². The molecule has 234 valence electrons. The molecule has 0 radical (unpaired) electrons. The van der Waals surface area contributed by atoms with E-state index in [1.807, 2.05) is 0 Å². The van der Waals surface area contributed by atoms with E-state index in [4.69, 9.17) is 4.98 Å². The molecule has 0 aliphatic rings. The number of hydrogen-bond donors (Lipinski definition) is 0. The Morgan fingerprint density at radius 3 is 1.26 bits per heavy atom. The van der Waals surface area contributed by atoms with Crippen molar-refractivity contribution in [1.29, 1.82) is 0 Å². The highest BCUT2D eigenvalue weighted by Crippen LogP contribution is 2.40. The summed E-state index contributed by atoms with van der Waals surface area (Å²) in [4.78, 5) is 5.47. The van der Waals surface area contributed by atoms with Gasteiger partial charge >= 0.3 is 0 Å². The predicted molar refractivity (Wildman–Crippen MR) is 207 cm³/mol. The summed E-state index contributed by atoms with van der Waals surface area (Å²) in [7, 11) is 0. The van der Waals surface area contributed by atoms with Crippen LogP contribution in [0.1, 0.15) is 0 Å². The predicted octanol–water partition coefficient (Wildman–Crippen LogP) is 11.2. The van der Waals surface area contributed by atoms with Crippen molar-refractivity contribution < 1.29 is 0 Å². The van der Waals surface area contributed by atoms with Crippen molar-refractivity contribution in [2.45, 2.75) is 0 Å². The highest BCUT2D eigenvalue weighted by Gasteiger charge is 2.21. The van der Waals surface area contributed by atoms with E-state index in [0.29, 0.717) is 0 Å². The van der Waals surface area contributed by atoms with E-state index in [-0.39, 0.29) is 0 Å². The van der Waals surface area contributed by atoms with Gasteiger partial charge in [-0.2, -0.15) is 0 Å². The second kappa shape index (κ2) is 10.3. The molecule has 5 heteroatoms. The third-order valence-corrected chi connectivity index (χ3v) is 10.2. The molecule has 6 aromatic carbocycles. The summed E-state index contributed by atoms with van der Waals surface area (Å²) >= 11 is 0. The van der Waals surface area contributed by atoms with E-state index in [2.05, 4.69) is 194 Å². The highest BCUT2D eigenvalue weighted by molar-refractivity contribution is 6.22. The zero-order chi connectivity index (χ0) is 32.8. The molecule has 0 atom stereocenters. The second-order valence-corrected chi connectivity index (χ2v) is 12.9. The number of benzene rings is 6. The van der Waals surface area contributed by atoms with Crippen LogP contribution in [0, 0.1) is 0 Å². The number of rotatable bonds is 4. The number of pyridine rings is 1. The molecule has 0 aliphatic carbocycles. The molecule has 5 aromatic heterocycles. The summed E-state index contributed by atoms with van der Waals surface area (Å²) in [6.07, 6.45) is 4.36. The Bertz CT molecular complexity index is 2880. The van der Waals surface area contributed by atoms with Gasteiger partial charge in [-0.15, -0.1) is 0 Å². The molecule has 0 N–H and O–H groups in total. The number of para-hydroxylation sites is 4. The molecule has 0 amide bonds. The summed E-state index contributed by atoms with van der Waals surface area (Å²) in [6.45, 7) is 0. The lowest BCUT2D eigenvalue weighted by Gasteiger charge is -2.12. The van der Waals surface area contributed by atoms with E-state index in [1.165, 1.54) is 43.4 Å². The molecule has 0 saturated heterocycles. The van der Waals surface area contributed by atoms with Gasteiger partial charge in [0.15, 0.2) is 0 Å². The van der Waals surface area contributed by atoms with E-state index >= 15 is 0 Å². The normalized spacial score (nSPS) is 12.0. The maximum atomic E-state index is 5.47. The minimum atomic E-state index is 0.880. The molecule has 0 aliphatic heterocycles. The van der Waals surface area contributed by atoms with Crippen LogP contribution in [-0.4, -0.2) is 23.3 Å². The van der Waals surface area contributed by atoms with Gasteiger partial charge < -0.3 is 9.13 Å². The molecule has 0 saturated carbocycles. The summed E-state index contributed by atoms with van der Waals surface area (Å²) in [6, 6.07) is 58.3. The molecule has 0 fully saturated rings. The molecule has 11 rings (SSSR count). The van der Waals surface area contributed by atoms with E-state index < -0.39 is 0 Å². The summed E-state index contributed by atoms with van der Waals surface area (Å²) in [5.41, 5.74) is 9.21. The molecule has 5 nitrogen and oxygen atoms in total. The maximum Gasteiger partial charge on any atom is 0.140 e. The second-order valence-electron chi connectivity index (χ2n) is 12.9. The van der Waals surface area contributed by atoms with Gasteiger partial charge in [0.1, 0.15) is 11.6 Å². The van der Waals surface area contributed by atoms with Crippen molar-refractivity contribution >= 4 is 65.4 Å². The Kier molecular flexibility index (Phi) is 5.60. The lowest BCUT2D eigenvalue weighted by molar-refractivity contribution is 1.01. The zero-order valence-corrected chi connectivity index (χ0v) is 27.0. The molecule has 50 heavy (non-hydrogen) atoms. The average Bonchev–Trinajstić information content (AvgIpc) is 3.96. The summed E-state index contributed by atoms with van der Waals surface area (Å²) < 4.78 is 9.26. The van der Waals surface area contributed by atoms with E-state index in [0.717, 1.165) is 45.1 Å². The Labute approximate surface area is 287 Å². The highest BCUT2D eigenvalue weighted by atomic mass is 15.1. The Morgan fingerprint density at radius 1 is 0.340 bits per heavy atom. The lowest BCUT2D eigenvalue weighted by Crippen LogP contribution is -2.03. The van der Waals surface area contributed by atoms with E-state index in [9.17, 15) is 0 Å². The van der Waals surface area contributed by atoms with Gasteiger partial charge in [-0.3, -0.25) is 9.13 Å². The lowest BCUT2D eigenvalue weighted by atomic mass is 10.1. The Hall–Kier alpha value is -6.85. The van der Waals surface area contributed by atoms with Gasteiger partial charge in [0.25, 0.3) is 0 Å². The van der Waals surface area contributed by atoms with Gasteiger partial charge in [0, 0.05) is 56.1 Å².